The Bertz CT molecular complexity index is 340. The first-order valence-corrected chi connectivity index (χ1v) is 4.64. The minimum Gasteiger partial charge on any atom is -0.338 e. The van der Waals surface area contributed by atoms with Crippen LogP contribution < -0.4 is 0 Å². The molecule has 0 aromatic carbocycles. The molecule has 0 radical (unpaired) electrons. The van der Waals surface area contributed by atoms with Gasteiger partial charge in [0.15, 0.2) is 0 Å². The molecule has 1 aromatic heterocycles. The van der Waals surface area contributed by atoms with Gasteiger partial charge in [-0.25, -0.2) is 4.98 Å². The maximum absolute atomic E-state index is 12.3. The molecule has 1 heterocycles. The van der Waals surface area contributed by atoms with Gasteiger partial charge in [0, 0.05) is 11.6 Å². The van der Waals surface area contributed by atoms with Crippen molar-refractivity contribution in [1.82, 2.24) is 9.97 Å². The molecule has 5 heteroatoms. The van der Waals surface area contributed by atoms with Crippen LogP contribution in [0.15, 0.2) is 0 Å². The van der Waals surface area contributed by atoms with Gasteiger partial charge in [0.25, 0.3) is 0 Å². The Balaban J connectivity index is 2.40. The van der Waals surface area contributed by atoms with Crippen molar-refractivity contribution in [2.24, 2.45) is 0 Å². The first-order chi connectivity index (χ1) is 6.48. The van der Waals surface area contributed by atoms with Gasteiger partial charge in [0.1, 0.15) is 0 Å². The third kappa shape index (κ3) is 1.51. The Morgan fingerprint density at radius 1 is 1.43 bits per heavy atom. The number of hydrogen-bond donors (Lipinski definition) is 1. The molecular formula is C9H11F3N2. The summed E-state index contributed by atoms with van der Waals surface area (Å²) in [6.07, 6.45) is -1.80. The van der Waals surface area contributed by atoms with E-state index in [1.54, 1.807) is 0 Å². The predicted octanol–water partition coefficient (Wildman–Crippen LogP) is 2.87. The number of alkyl halides is 3. The average Bonchev–Trinajstić information content (AvgIpc) is 2.48. The van der Waals surface area contributed by atoms with Gasteiger partial charge in [-0.1, -0.05) is 6.92 Å². The summed E-state index contributed by atoms with van der Waals surface area (Å²) in [7, 11) is 0. The van der Waals surface area contributed by atoms with Crippen LogP contribution in [-0.2, 0) is 12.6 Å². The van der Waals surface area contributed by atoms with E-state index < -0.39 is 12.0 Å². The highest BCUT2D eigenvalue weighted by Gasteiger charge is 2.36. The molecule has 2 nitrogen and oxygen atoms in total. The van der Waals surface area contributed by atoms with Crippen molar-refractivity contribution in [2.45, 2.75) is 38.3 Å². The highest BCUT2D eigenvalue weighted by atomic mass is 19.4. The summed E-state index contributed by atoms with van der Waals surface area (Å²) in [5, 5.41) is 0. The molecule has 14 heavy (non-hydrogen) atoms. The van der Waals surface area contributed by atoms with E-state index in [9.17, 15) is 13.2 Å². The van der Waals surface area contributed by atoms with Crippen LogP contribution in [-0.4, -0.2) is 9.97 Å². The Hall–Kier alpha value is -1.00. The third-order valence-electron chi connectivity index (χ3n) is 2.61. The second-order valence-corrected chi connectivity index (χ2v) is 3.74. The number of hydrogen-bond acceptors (Lipinski definition) is 1. The van der Waals surface area contributed by atoms with Gasteiger partial charge < -0.3 is 4.98 Å². The number of aromatic amines is 1. The van der Waals surface area contributed by atoms with Gasteiger partial charge in [-0.05, 0) is 19.3 Å². The minimum atomic E-state index is -4.35. The van der Waals surface area contributed by atoms with Crippen LogP contribution >= 0.6 is 0 Å². The van der Waals surface area contributed by atoms with Crippen LogP contribution in [0.1, 0.15) is 42.9 Å². The molecule has 1 atom stereocenters. The SMILES string of the molecule is CC1CCCc2[nH]c(C(F)(F)F)nc21. The van der Waals surface area contributed by atoms with Gasteiger partial charge >= 0.3 is 6.18 Å². The Kier molecular flexibility index (Phi) is 2.05. The monoisotopic (exact) mass is 204 g/mol. The maximum atomic E-state index is 12.3. The number of aryl methyl sites for hydroxylation is 1. The molecule has 78 valence electrons. The average molecular weight is 204 g/mol. The normalized spacial score (nSPS) is 22.1. The molecule has 1 N–H and O–H groups in total. The van der Waals surface area contributed by atoms with E-state index in [0.717, 1.165) is 12.8 Å². The van der Waals surface area contributed by atoms with Crippen molar-refractivity contribution in [2.75, 3.05) is 0 Å². The van der Waals surface area contributed by atoms with E-state index in [-0.39, 0.29) is 5.92 Å². The van der Waals surface area contributed by atoms with E-state index in [1.165, 1.54) is 0 Å². The van der Waals surface area contributed by atoms with Crippen molar-refractivity contribution >= 4 is 0 Å². The smallest absolute Gasteiger partial charge is 0.338 e. The summed E-state index contributed by atoms with van der Waals surface area (Å²) < 4.78 is 36.9. The van der Waals surface area contributed by atoms with E-state index in [2.05, 4.69) is 9.97 Å². The lowest BCUT2D eigenvalue weighted by Gasteiger charge is -2.15. The first kappa shape index (κ1) is 9.55. The predicted molar refractivity (Wildman–Crippen MR) is 44.9 cm³/mol. The fourth-order valence-electron chi connectivity index (χ4n) is 1.88. The summed E-state index contributed by atoms with van der Waals surface area (Å²) >= 11 is 0. The molecule has 0 spiro atoms. The van der Waals surface area contributed by atoms with Gasteiger partial charge in [0.05, 0.1) is 5.69 Å². The number of nitrogens with one attached hydrogen (secondary N) is 1. The van der Waals surface area contributed by atoms with Crippen molar-refractivity contribution in [1.29, 1.82) is 0 Å². The van der Waals surface area contributed by atoms with Gasteiger partial charge in [-0.3, -0.25) is 0 Å². The summed E-state index contributed by atoms with van der Waals surface area (Å²) in [5.74, 6) is -0.706. The lowest BCUT2D eigenvalue weighted by Crippen LogP contribution is -2.07. The Morgan fingerprint density at radius 3 is 2.71 bits per heavy atom. The number of imidazole rings is 1. The molecule has 1 unspecified atom stereocenters. The van der Waals surface area contributed by atoms with E-state index in [4.69, 9.17) is 0 Å². The highest BCUT2D eigenvalue weighted by Crippen LogP contribution is 2.34. The third-order valence-corrected chi connectivity index (χ3v) is 2.61. The maximum Gasteiger partial charge on any atom is 0.449 e. The quantitative estimate of drug-likeness (QED) is 0.691. The van der Waals surface area contributed by atoms with Crippen molar-refractivity contribution in [3.63, 3.8) is 0 Å². The lowest BCUT2D eigenvalue weighted by molar-refractivity contribution is -0.144. The van der Waals surface area contributed by atoms with Gasteiger partial charge in [-0.15, -0.1) is 0 Å². The largest absolute Gasteiger partial charge is 0.449 e. The number of aromatic nitrogens is 2. The zero-order valence-corrected chi connectivity index (χ0v) is 7.78. The molecule has 0 fully saturated rings. The standard InChI is InChI=1S/C9H11F3N2/c1-5-3-2-4-6-7(5)14-8(13-6)9(10,11)12/h5H,2-4H2,1H3,(H,13,14). The number of fused-ring (bicyclic) bond motifs is 1. The Labute approximate surface area is 79.5 Å². The van der Waals surface area contributed by atoms with Crippen molar-refractivity contribution < 1.29 is 13.2 Å². The number of H-pyrrole nitrogens is 1. The van der Waals surface area contributed by atoms with Crippen LogP contribution in [0.25, 0.3) is 0 Å². The van der Waals surface area contributed by atoms with Gasteiger partial charge in [-0.2, -0.15) is 13.2 Å². The topological polar surface area (TPSA) is 28.7 Å². The highest BCUT2D eigenvalue weighted by molar-refractivity contribution is 5.22. The molecule has 1 aromatic rings. The molecule has 0 bridgehead atoms. The van der Waals surface area contributed by atoms with Crippen molar-refractivity contribution in [3.05, 3.63) is 17.2 Å². The van der Waals surface area contributed by atoms with Crippen LogP contribution in [0.3, 0.4) is 0 Å². The molecule has 0 aliphatic heterocycles. The van der Waals surface area contributed by atoms with E-state index in [1.807, 2.05) is 6.92 Å². The first-order valence-electron chi connectivity index (χ1n) is 4.64. The number of halogens is 3. The summed E-state index contributed by atoms with van der Waals surface area (Å²) in [6, 6.07) is 0. The summed E-state index contributed by atoms with van der Waals surface area (Å²) in [5.41, 5.74) is 1.26. The number of nitrogens with zero attached hydrogens (tertiary/aromatic N) is 1. The molecule has 1 aliphatic carbocycles. The number of rotatable bonds is 0. The van der Waals surface area contributed by atoms with Crippen LogP contribution in [0, 0.1) is 0 Å². The molecule has 0 saturated heterocycles. The van der Waals surface area contributed by atoms with Crippen LogP contribution in [0.5, 0.6) is 0 Å². The Morgan fingerprint density at radius 2 is 2.14 bits per heavy atom. The summed E-state index contributed by atoms with van der Waals surface area (Å²) in [6.45, 7) is 1.92. The fourth-order valence-corrected chi connectivity index (χ4v) is 1.88. The molecule has 1 aliphatic rings. The van der Waals surface area contributed by atoms with E-state index in [0.29, 0.717) is 17.8 Å². The molecular weight excluding hydrogens is 193 g/mol. The molecule has 0 saturated carbocycles. The second kappa shape index (κ2) is 3.00. The summed E-state index contributed by atoms with van der Waals surface area (Å²) in [4.78, 5) is 5.99. The van der Waals surface area contributed by atoms with Gasteiger partial charge in [0.2, 0.25) is 5.82 Å². The molecule has 2 rings (SSSR count). The zero-order valence-electron chi connectivity index (χ0n) is 7.78. The minimum absolute atomic E-state index is 0.145. The second-order valence-electron chi connectivity index (χ2n) is 3.74. The van der Waals surface area contributed by atoms with Crippen LogP contribution in [0.4, 0.5) is 13.2 Å². The van der Waals surface area contributed by atoms with Crippen LogP contribution in [0.2, 0.25) is 0 Å². The van der Waals surface area contributed by atoms with E-state index >= 15 is 0 Å². The fraction of sp³-hybridized carbons (Fsp3) is 0.667. The lowest BCUT2D eigenvalue weighted by atomic mass is 9.92. The van der Waals surface area contributed by atoms with Crippen molar-refractivity contribution in [3.8, 4) is 0 Å². The molecule has 0 amide bonds. The zero-order chi connectivity index (χ0) is 10.3.